The van der Waals surface area contributed by atoms with Gasteiger partial charge in [0.05, 0.1) is 10.9 Å². The molecule has 0 unspecified atom stereocenters. The number of carbonyl (C=O) groups is 1. The summed E-state index contributed by atoms with van der Waals surface area (Å²) >= 11 is 3.32. The molecule has 1 atom stereocenters. The van der Waals surface area contributed by atoms with Crippen LogP contribution in [0.2, 0.25) is 0 Å². The Bertz CT molecular complexity index is 435. The number of hydrogen-bond acceptors (Lipinski definition) is 4. The molecule has 3 N–H and O–H groups in total. The molecule has 1 aliphatic rings. The van der Waals surface area contributed by atoms with Crippen LogP contribution in [0.1, 0.15) is 18.0 Å². The Hall–Kier alpha value is -1.27. The number of carboxylic acid groups (broad SMARTS) is 1. The van der Waals surface area contributed by atoms with Crippen molar-refractivity contribution < 1.29 is 19.4 Å². The van der Waals surface area contributed by atoms with E-state index in [0.29, 0.717) is 17.1 Å². The lowest BCUT2D eigenvalue weighted by molar-refractivity contribution is -0.137. The van der Waals surface area contributed by atoms with E-state index in [2.05, 4.69) is 15.9 Å². The summed E-state index contributed by atoms with van der Waals surface area (Å²) in [5.41, 5.74) is 6.47. The Balaban J connectivity index is 2.29. The first-order valence-electron chi connectivity index (χ1n) is 4.64. The molecule has 0 bridgehead atoms. The van der Waals surface area contributed by atoms with Gasteiger partial charge in [-0.3, -0.25) is 4.79 Å². The van der Waals surface area contributed by atoms with Crippen molar-refractivity contribution in [1.29, 1.82) is 0 Å². The van der Waals surface area contributed by atoms with Gasteiger partial charge in [-0.25, -0.2) is 0 Å². The number of rotatable bonds is 3. The van der Waals surface area contributed by atoms with Crippen molar-refractivity contribution >= 4 is 21.9 Å². The van der Waals surface area contributed by atoms with Gasteiger partial charge >= 0.3 is 5.97 Å². The average Bonchev–Trinajstić information content (AvgIpc) is 2.64. The molecule has 5 nitrogen and oxygen atoms in total. The first kappa shape index (κ1) is 11.2. The second-order valence-corrected chi connectivity index (χ2v) is 4.30. The SMILES string of the molecule is N[C@@H](CC(=O)O)c1cc(Br)c2c(c1)OCO2. The lowest BCUT2D eigenvalue weighted by Gasteiger charge is -2.11. The van der Waals surface area contributed by atoms with Crippen molar-refractivity contribution in [1.82, 2.24) is 0 Å². The van der Waals surface area contributed by atoms with Gasteiger partial charge in [0.15, 0.2) is 11.5 Å². The normalized spacial score (nSPS) is 14.9. The van der Waals surface area contributed by atoms with Crippen molar-refractivity contribution in [2.45, 2.75) is 12.5 Å². The summed E-state index contributed by atoms with van der Waals surface area (Å²) in [6.45, 7) is 0.172. The summed E-state index contributed by atoms with van der Waals surface area (Å²) < 4.78 is 11.2. The van der Waals surface area contributed by atoms with Crippen LogP contribution in [0.25, 0.3) is 0 Å². The van der Waals surface area contributed by atoms with Gasteiger partial charge in [-0.2, -0.15) is 0 Å². The third kappa shape index (κ3) is 2.12. The lowest BCUT2D eigenvalue weighted by atomic mass is 10.0. The lowest BCUT2D eigenvalue weighted by Crippen LogP contribution is -2.14. The molecule has 2 rings (SSSR count). The van der Waals surface area contributed by atoms with Crippen LogP contribution in [0.15, 0.2) is 16.6 Å². The van der Waals surface area contributed by atoms with Gasteiger partial charge in [0.25, 0.3) is 0 Å². The monoisotopic (exact) mass is 287 g/mol. The molecule has 0 radical (unpaired) electrons. The first-order chi connectivity index (χ1) is 7.58. The maximum absolute atomic E-state index is 10.6. The molecule has 0 saturated heterocycles. The minimum Gasteiger partial charge on any atom is -0.481 e. The van der Waals surface area contributed by atoms with E-state index >= 15 is 0 Å². The highest BCUT2D eigenvalue weighted by Crippen LogP contribution is 2.41. The molecule has 86 valence electrons. The molecule has 0 spiro atoms. The fourth-order valence-electron chi connectivity index (χ4n) is 1.51. The molecule has 1 aromatic rings. The quantitative estimate of drug-likeness (QED) is 0.883. The highest BCUT2D eigenvalue weighted by molar-refractivity contribution is 9.10. The van der Waals surface area contributed by atoms with Crippen LogP contribution in [0, 0.1) is 0 Å². The van der Waals surface area contributed by atoms with Gasteiger partial charge in [0, 0.05) is 6.04 Å². The maximum Gasteiger partial charge on any atom is 0.305 e. The van der Waals surface area contributed by atoms with Gasteiger partial charge in [0.1, 0.15) is 0 Å². The number of benzene rings is 1. The molecule has 0 aromatic heterocycles. The molecule has 1 aliphatic heterocycles. The molecule has 0 saturated carbocycles. The van der Waals surface area contributed by atoms with E-state index in [0.717, 1.165) is 4.47 Å². The van der Waals surface area contributed by atoms with Crippen molar-refractivity contribution in [2.75, 3.05) is 6.79 Å². The molecule has 0 aliphatic carbocycles. The molecule has 0 fully saturated rings. The highest BCUT2D eigenvalue weighted by atomic mass is 79.9. The minimum absolute atomic E-state index is 0.119. The number of hydrogen-bond donors (Lipinski definition) is 2. The summed E-state index contributed by atoms with van der Waals surface area (Å²) in [5, 5.41) is 8.66. The first-order valence-corrected chi connectivity index (χ1v) is 5.43. The fraction of sp³-hybridized carbons (Fsp3) is 0.300. The number of fused-ring (bicyclic) bond motifs is 1. The third-order valence-corrected chi connectivity index (χ3v) is 2.86. The molecule has 1 heterocycles. The standard InChI is InChI=1S/C10H10BrNO4/c11-6-1-5(7(12)3-9(13)14)2-8-10(6)16-4-15-8/h1-2,7H,3-4,12H2,(H,13,14)/t7-/m0/s1. The van der Waals surface area contributed by atoms with E-state index < -0.39 is 12.0 Å². The topological polar surface area (TPSA) is 81.8 Å². The Morgan fingerprint density at radius 2 is 2.31 bits per heavy atom. The number of aliphatic carboxylic acids is 1. The zero-order valence-corrected chi connectivity index (χ0v) is 9.86. The van der Waals surface area contributed by atoms with E-state index in [-0.39, 0.29) is 13.2 Å². The Kier molecular flexibility index (Phi) is 3.02. The summed E-state index contributed by atoms with van der Waals surface area (Å²) in [7, 11) is 0. The van der Waals surface area contributed by atoms with Gasteiger partial charge in [-0.05, 0) is 33.6 Å². The van der Waals surface area contributed by atoms with Crippen LogP contribution in [0.4, 0.5) is 0 Å². The second kappa shape index (κ2) is 4.31. The van der Waals surface area contributed by atoms with Gasteiger partial charge < -0.3 is 20.3 Å². The Labute approximate surface area is 100 Å². The van der Waals surface area contributed by atoms with Gasteiger partial charge in [-0.15, -0.1) is 0 Å². The van der Waals surface area contributed by atoms with Crippen LogP contribution in [-0.4, -0.2) is 17.9 Å². The van der Waals surface area contributed by atoms with Crippen molar-refractivity contribution in [3.05, 3.63) is 22.2 Å². The van der Waals surface area contributed by atoms with E-state index in [1.807, 2.05) is 0 Å². The largest absolute Gasteiger partial charge is 0.481 e. The van der Waals surface area contributed by atoms with Crippen LogP contribution in [-0.2, 0) is 4.79 Å². The second-order valence-electron chi connectivity index (χ2n) is 3.44. The minimum atomic E-state index is -0.929. The number of nitrogens with two attached hydrogens (primary N) is 1. The van der Waals surface area contributed by atoms with Crippen molar-refractivity contribution in [3.63, 3.8) is 0 Å². The summed E-state index contributed by atoms with van der Waals surface area (Å²) in [4.78, 5) is 10.6. The average molecular weight is 288 g/mol. The highest BCUT2D eigenvalue weighted by Gasteiger charge is 2.20. The van der Waals surface area contributed by atoms with Crippen LogP contribution < -0.4 is 15.2 Å². The van der Waals surface area contributed by atoms with Crippen molar-refractivity contribution in [3.8, 4) is 11.5 Å². The van der Waals surface area contributed by atoms with Crippen LogP contribution in [0.3, 0.4) is 0 Å². The maximum atomic E-state index is 10.6. The summed E-state index contributed by atoms with van der Waals surface area (Å²) in [6, 6.07) is 2.91. The van der Waals surface area contributed by atoms with Gasteiger partial charge in [-0.1, -0.05) is 0 Å². The number of halogens is 1. The molecule has 0 amide bonds. The van der Waals surface area contributed by atoms with Crippen LogP contribution in [0.5, 0.6) is 11.5 Å². The molecular formula is C10H10BrNO4. The zero-order chi connectivity index (χ0) is 11.7. The Morgan fingerprint density at radius 3 is 3.00 bits per heavy atom. The third-order valence-electron chi connectivity index (χ3n) is 2.27. The predicted molar refractivity (Wildman–Crippen MR) is 59.4 cm³/mol. The smallest absolute Gasteiger partial charge is 0.305 e. The summed E-state index contributed by atoms with van der Waals surface area (Å²) in [5.74, 6) is 0.290. The summed E-state index contributed by atoms with van der Waals surface area (Å²) in [6.07, 6.45) is -0.119. The van der Waals surface area contributed by atoms with Gasteiger partial charge in [0.2, 0.25) is 6.79 Å². The van der Waals surface area contributed by atoms with Crippen LogP contribution >= 0.6 is 15.9 Å². The predicted octanol–water partition coefficient (Wildman–Crippen LogP) is 1.65. The molecule has 1 aromatic carbocycles. The van der Waals surface area contributed by atoms with E-state index in [4.69, 9.17) is 20.3 Å². The van der Waals surface area contributed by atoms with E-state index in [1.54, 1.807) is 12.1 Å². The molecule has 16 heavy (non-hydrogen) atoms. The van der Waals surface area contributed by atoms with E-state index in [1.165, 1.54) is 0 Å². The zero-order valence-electron chi connectivity index (χ0n) is 8.27. The fourth-order valence-corrected chi connectivity index (χ4v) is 2.08. The van der Waals surface area contributed by atoms with Crippen molar-refractivity contribution in [2.24, 2.45) is 5.73 Å². The van der Waals surface area contributed by atoms with E-state index in [9.17, 15) is 4.79 Å². The molecule has 6 heteroatoms. The molecular weight excluding hydrogens is 278 g/mol. The number of carboxylic acids is 1. The Morgan fingerprint density at radius 1 is 1.56 bits per heavy atom. The number of ether oxygens (including phenoxy) is 2.